The Bertz CT molecular complexity index is 473. The molecule has 0 aromatic rings. The van der Waals surface area contributed by atoms with Gasteiger partial charge in [-0.15, -0.1) is 0 Å². The third-order valence-corrected chi connectivity index (χ3v) is 12.2. The molecule has 0 aromatic carbocycles. The van der Waals surface area contributed by atoms with Crippen molar-refractivity contribution in [1.82, 2.24) is 0 Å². The van der Waals surface area contributed by atoms with Crippen LogP contribution in [-0.2, 0) is 9.16 Å². The van der Waals surface area contributed by atoms with E-state index >= 15 is 0 Å². The number of fused-ring (bicyclic) bond motifs is 2. The first kappa shape index (κ1) is 17.9. The first-order valence-electron chi connectivity index (χ1n) is 9.63. The summed E-state index contributed by atoms with van der Waals surface area (Å²) in [7, 11) is -1.74. The molecule has 0 unspecified atom stereocenters. The molecule has 0 amide bonds. The van der Waals surface area contributed by atoms with Gasteiger partial charge in [0.25, 0.3) is 0 Å². The van der Waals surface area contributed by atoms with Gasteiger partial charge in [-0.2, -0.15) is 0 Å². The normalized spacial score (nSPS) is 43.3. The van der Waals surface area contributed by atoms with E-state index in [2.05, 4.69) is 54.6 Å². The lowest BCUT2D eigenvalue weighted by Gasteiger charge is -2.59. The van der Waals surface area contributed by atoms with Gasteiger partial charge in [-0.25, -0.2) is 0 Å². The maximum atomic E-state index is 7.06. The van der Waals surface area contributed by atoms with Crippen molar-refractivity contribution in [2.24, 2.45) is 16.7 Å². The van der Waals surface area contributed by atoms with Crippen LogP contribution in [0.25, 0.3) is 0 Å². The molecule has 0 N–H and O–H groups in total. The fraction of sp³-hybridized carbons (Fsp3) is 1.00. The molecule has 2 nitrogen and oxygen atoms in total. The summed E-state index contributed by atoms with van der Waals surface area (Å²) in [4.78, 5) is 0. The van der Waals surface area contributed by atoms with Gasteiger partial charge >= 0.3 is 0 Å². The van der Waals surface area contributed by atoms with Crippen LogP contribution in [0, 0.1) is 16.7 Å². The average Bonchev–Trinajstić information content (AvgIpc) is 3.11. The standard InChI is InChI=1S/C20H38O2Si/c1-17(2,3)23(7,8)22-16-13-18(4,5)12-15-19(16,6)10-9-11-20(15)14-21-20/h15-16H,9-14H2,1-8H3/t15-,16+,19+,20+/m0/s1. The molecular formula is C20H38O2Si. The molecule has 2 aliphatic carbocycles. The Balaban J connectivity index is 1.91. The SMILES string of the molecule is CC1(C)C[C@@H]2[C@@]3(CCC[C@@]2(C)[C@H](O[Si](C)(C)C(C)(C)C)C1)CO3. The molecule has 1 heterocycles. The molecule has 1 aliphatic heterocycles. The van der Waals surface area contributed by atoms with Crippen LogP contribution in [0.5, 0.6) is 0 Å². The fourth-order valence-corrected chi connectivity index (χ4v) is 6.46. The van der Waals surface area contributed by atoms with Gasteiger partial charge in [-0.3, -0.25) is 0 Å². The minimum Gasteiger partial charge on any atom is -0.413 e. The largest absolute Gasteiger partial charge is 0.413 e. The number of ether oxygens (including phenoxy) is 1. The van der Waals surface area contributed by atoms with Gasteiger partial charge in [-0.05, 0) is 67.0 Å². The van der Waals surface area contributed by atoms with E-state index in [0.717, 1.165) is 6.61 Å². The van der Waals surface area contributed by atoms with E-state index in [-0.39, 0.29) is 10.6 Å². The van der Waals surface area contributed by atoms with E-state index in [4.69, 9.17) is 9.16 Å². The first-order valence-corrected chi connectivity index (χ1v) is 12.5. The van der Waals surface area contributed by atoms with Crippen molar-refractivity contribution in [1.29, 1.82) is 0 Å². The molecule has 3 heteroatoms. The van der Waals surface area contributed by atoms with Crippen LogP contribution in [0.1, 0.15) is 73.6 Å². The molecule has 0 aromatic heterocycles. The number of rotatable bonds is 2. The van der Waals surface area contributed by atoms with Crippen molar-refractivity contribution in [3.8, 4) is 0 Å². The maximum absolute atomic E-state index is 7.06. The summed E-state index contributed by atoms with van der Waals surface area (Å²) in [6.07, 6.45) is 6.82. The Morgan fingerprint density at radius 1 is 1.04 bits per heavy atom. The average molecular weight is 339 g/mol. The summed E-state index contributed by atoms with van der Waals surface area (Å²) < 4.78 is 13.1. The molecule has 4 atom stereocenters. The van der Waals surface area contributed by atoms with Gasteiger partial charge in [0.2, 0.25) is 0 Å². The van der Waals surface area contributed by atoms with Crippen molar-refractivity contribution in [2.75, 3.05) is 6.61 Å². The van der Waals surface area contributed by atoms with Gasteiger partial charge in [0.15, 0.2) is 8.32 Å². The Labute approximate surface area is 144 Å². The molecule has 1 saturated heterocycles. The zero-order chi connectivity index (χ0) is 17.3. The van der Waals surface area contributed by atoms with Crippen molar-refractivity contribution in [3.63, 3.8) is 0 Å². The van der Waals surface area contributed by atoms with Crippen LogP contribution >= 0.6 is 0 Å². The van der Waals surface area contributed by atoms with E-state index in [1.165, 1.54) is 32.1 Å². The highest BCUT2D eigenvalue weighted by Gasteiger charge is 2.65. The van der Waals surface area contributed by atoms with Crippen LogP contribution in [0.15, 0.2) is 0 Å². The van der Waals surface area contributed by atoms with Crippen LogP contribution < -0.4 is 0 Å². The lowest BCUT2D eigenvalue weighted by molar-refractivity contribution is -0.124. The van der Waals surface area contributed by atoms with Crippen LogP contribution in [0.2, 0.25) is 18.1 Å². The third-order valence-electron chi connectivity index (χ3n) is 7.73. The number of hydrogen-bond donors (Lipinski definition) is 0. The second-order valence-electron chi connectivity index (χ2n) is 11.2. The number of epoxide rings is 1. The topological polar surface area (TPSA) is 21.8 Å². The molecule has 1 spiro atoms. The molecule has 0 radical (unpaired) electrons. The predicted octanol–water partition coefficient (Wildman–Crippen LogP) is 5.77. The molecule has 134 valence electrons. The van der Waals surface area contributed by atoms with Crippen LogP contribution in [-0.4, -0.2) is 26.6 Å². The quantitative estimate of drug-likeness (QED) is 0.471. The lowest BCUT2D eigenvalue weighted by atomic mass is 9.50. The Morgan fingerprint density at radius 3 is 2.17 bits per heavy atom. The molecule has 3 rings (SSSR count). The highest BCUT2D eigenvalue weighted by Crippen LogP contribution is 2.64. The molecule has 3 fully saturated rings. The van der Waals surface area contributed by atoms with E-state index in [9.17, 15) is 0 Å². The molecular weight excluding hydrogens is 300 g/mol. The van der Waals surface area contributed by atoms with Crippen molar-refractivity contribution < 1.29 is 9.16 Å². The zero-order valence-electron chi connectivity index (χ0n) is 16.7. The maximum Gasteiger partial charge on any atom is 0.192 e. The van der Waals surface area contributed by atoms with E-state index in [1.54, 1.807) is 0 Å². The third kappa shape index (κ3) is 2.95. The summed E-state index contributed by atoms with van der Waals surface area (Å²) in [5.74, 6) is 0.683. The van der Waals surface area contributed by atoms with E-state index in [0.29, 0.717) is 22.9 Å². The summed E-state index contributed by atoms with van der Waals surface area (Å²) in [6, 6.07) is 0. The second-order valence-corrected chi connectivity index (χ2v) is 16.0. The van der Waals surface area contributed by atoms with Gasteiger partial charge in [0.1, 0.15) is 0 Å². The minimum atomic E-state index is -1.74. The van der Waals surface area contributed by atoms with Gasteiger partial charge in [0.05, 0.1) is 18.3 Å². The van der Waals surface area contributed by atoms with Gasteiger partial charge < -0.3 is 9.16 Å². The molecule has 3 aliphatic rings. The fourth-order valence-electron chi connectivity index (χ4n) is 5.04. The first-order chi connectivity index (χ1) is 10.3. The van der Waals surface area contributed by atoms with E-state index in [1.807, 2.05) is 0 Å². The molecule has 23 heavy (non-hydrogen) atoms. The molecule has 2 saturated carbocycles. The lowest BCUT2D eigenvalue weighted by Crippen LogP contribution is -2.59. The Hall–Kier alpha value is 0.137. The van der Waals surface area contributed by atoms with E-state index < -0.39 is 8.32 Å². The summed E-state index contributed by atoms with van der Waals surface area (Å²) >= 11 is 0. The minimum absolute atomic E-state index is 0.208. The van der Waals surface area contributed by atoms with Crippen molar-refractivity contribution in [2.45, 2.75) is 103 Å². The summed E-state index contributed by atoms with van der Waals surface area (Å²) in [6.45, 7) is 20.3. The second kappa shape index (κ2) is 5.08. The number of hydrogen-bond acceptors (Lipinski definition) is 2. The highest BCUT2D eigenvalue weighted by atomic mass is 28.4. The smallest absolute Gasteiger partial charge is 0.192 e. The Morgan fingerprint density at radius 2 is 1.65 bits per heavy atom. The zero-order valence-corrected chi connectivity index (χ0v) is 17.7. The van der Waals surface area contributed by atoms with Crippen molar-refractivity contribution >= 4 is 8.32 Å². The van der Waals surface area contributed by atoms with Crippen molar-refractivity contribution in [3.05, 3.63) is 0 Å². The highest BCUT2D eigenvalue weighted by molar-refractivity contribution is 6.74. The van der Waals surface area contributed by atoms with Gasteiger partial charge in [-0.1, -0.05) is 41.5 Å². The Kier molecular flexibility index (Phi) is 3.96. The predicted molar refractivity (Wildman–Crippen MR) is 99.2 cm³/mol. The summed E-state index contributed by atoms with van der Waals surface area (Å²) in [5, 5.41) is 0.281. The van der Waals surface area contributed by atoms with Gasteiger partial charge in [0, 0.05) is 0 Å². The van der Waals surface area contributed by atoms with Crippen LogP contribution in [0.3, 0.4) is 0 Å². The van der Waals surface area contributed by atoms with Crippen LogP contribution in [0.4, 0.5) is 0 Å². The molecule has 0 bridgehead atoms. The monoisotopic (exact) mass is 338 g/mol. The summed E-state index contributed by atoms with van der Waals surface area (Å²) in [5.41, 5.74) is 0.882.